The Balaban J connectivity index is 1.40. The van der Waals surface area contributed by atoms with E-state index >= 15 is 0 Å². The highest BCUT2D eigenvalue weighted by atomic mass is 19.4. The highest BCUT2D eigenvalue weighted by molar-refractivity contribution is 5.26. The Morgan fingerprint density at radius 2 is 1.81 bits per heavy atom. The minimum atomic E-state index is -4.28. The second-order valence-corrected chi connectivity index (χ2v) is 12.2. The lowest BCUT2D eigenvalue weighted by molar-refractivity contribution is -0.154. The number of allylic oxidation sites excluding steroid dienone is 1. The van der Waals surface area contributed by atoms with Crippen molar-refractivity contribution in [2.75, 3.05) is 0 Å². The van der Waals surface area contributed by atoms with Crippen molar-refractivity contribution in [1.82, 2.24) is 0 Å². The molecule has 0 radical (unpaired) electrons. The third-order valence-corrected chi connectivity index (χ3v) is 10.1. The van der Waals surface area contributed by atoms with Crippen LogP contribution in [0.5, 0.6) is 0 Å². The molecule has 178 valence electrons. The smallest absolute Gasteiger partial charge is 0.391 e. The minimum Gasteiger partial charge on any atom is -0.393 e. The van der Waals surface area contributed by atoms with Gasteiger partial charge in [0.1, 0.15) is 0 Å². The quantitative estimate of drug-likeness (QED) is 0.460. The standard InChI is InChI=1S/C26H41F3O2/c1-23(31)13-14-25(3)18(15-23)7-9-20-21-10-8-17(24(21,2)12-11-22(20)25)5-4-6-19(30)16-26(27,28)29/h7,17,19-22,30-31H,4-6,8-16H2,1-3H3/t17-,19-,20-,21-,22-,23-,24+,25-/m0/s1. The molecule has 0 aromatic carbocycles. The third kappa shape index (κ3) is 4.47. The van der Waals surface area contributed by atoms with Gasteiger partial charge in [0.25, 0.3) is 0 Å². The van der Waals surface area contributed by atoms with Crippen molar-refractivity contribution in [2.24, 2.45) is 34.5 Å². The number of fused-ring (bicyclic) bond motifs is 5. The number of halogens is 3. The van der Waals surface area contributed by atoms with Crippen LogP contribution in [-0.4, -0.2) is 28.1 Å². The first-order valence-corrected chi connectivity index (χ1v) is 12.5. The lowest BCUT2D eigenvalue weighted by Gasteiger charge is -2.59. The third-order valence-electron chi connectivity index (χ3n) is 10.1. The van der Waals surface area contributed by atoms with Crippen molar-refractivity contribution in [3.05, 3.63) is 11.6 Å². The van der Waals surface area contributed by atoms with Gasteiger partial charge in [0.15, 0.2) is 0 Å². The van der Waals surface area contributed by atoms with Gasteiger partial charge in [-0.25, -0.2) is 0 Å². The molecule has 4 rings (SSSR count). The fraction of sp³-hybridized carbons (Fsp3) is 0.923. The summed E-state index contributed by atoms with van der Waals surface area (Å²) in [5.41, 5.74) is 1.45. The Morgan fingerprint density at radius 1 is 1.06 bits per heavy atom. The van der Waals surface area contributed by atoms with Gasteiger partial charge in [0.2, 0.25) is 0 Å². The van der Waals surface area contributed by atoms with Gasteiger partial charge in [0.05, 0.1) is 18.1 Å². The molecule has 0 saturated heterocycles. The molecule has 5 heteroatoms. The van der Waals surface area contributed by atoms with Gasteiger partial charge in [-0.05, 0) is 106 Å². The second-order valence-electron chi connectivity index (χ2n) is 12.2. The van der Waals surface area contributed by atoms with Crippen LogP contribution in [-0.2, 0) is 0 Å². The first-order valence-electron chi connectivity index (χ1n) is 12.5. The maximum Gasteiger partial charge on any atom is 0.391 e. The van der Waals surface area contributed by atoms with Gasteiger partial charge < -0.3 is 10.2 Å². The maximum atomic E-state index is 12.5. The maximum absolute atomic E-state index is 12.5. The summed E-state index contributed by atoms with van der Waals surface area (Å²) in [6.07, 6.45) is 6.52. The Bertz CT molecular complexity index is 699. The number of aliphatic hydroxyl groups is 2. The number of alkyl halides is 3. The van der Waals surface area contributed by atoms with E-state index in [0.717, 1.165) is 32.1 Å². The summed E-state index contributed by atoms with van der Waals surface area (Å²) in [5, 5.41) is 20.4. The monoisotopic (exact) mass is 442 g/mol. The molecule has 8 atom stereocenters. The van der Waals surface area contributed by atoms with Gasteiger partial charge in [-0.1, -0.05) is 31.9 Å². The van der Waals surface area contributed by atoms with Crippen molar-refractivity contribution in [1.29, 1.82) is 0 Å². The molecule has 4 aliphatic carbocycles. The molecule has 0 bridgehead atoms. The topological polar surface area (TPSA) is 40.5 Å². The highest BCUT2D eigenvalue weighted by Gasteiger charge is 2.58. The zero-order valence-electron chi connectivity index (χ0n) is 19.5. The zero-order chi connectivity index (χ0) is 22.7. The molecule has 2 N–H and O–H groups in total. The van der Waals surface area contributed by atoms with E-state index in [4.69, 9.17) is 0 Å². The van der Waals surface area contributed by atoms with E-state index in [1.54, 1.807) is 0 Å². The van der Waals surface area contributed by atoms with Crippen LogP contribution in [0, 0.1) is 34.5 Å². The predicted molar refractivity (Wildman–Crippen MR) is 116 cm³/mol. The molecule has 31 heavy (non-hydrogen) atoms. The lowest BCUT2D eigenvalue weighted by atomic mass is 9.46. The largest absolute Gasteiger partial charge is 0.393 e. The zero-order valence-corrected chi connectivity index (χ0v) is 19.5. The second kappa shape index (κ2) is 8.04. The summed E-state index contributed by atoms with van der Waals surface area (Å²) in [6.45, 7) is 6.87. The number of hydrogen-bond donors (Lipinski definition) is 2. The summed E-state index contributed by atoms with van der Waals surface area (Å²) in [6, 6.07) is 0. The first-order chi connectivity index (χ1) is 14.3. The van der Waals surface area contributed by atoms with E-state index in [0.29, 0.717) is 30.1 Å². The lowest BCUT2D eigenvalue weighted by Crippen LogP contribution is -2.51. The van der Waals surface area contributed by atoms with E-state index in [1.807, 2.05) is 6.92 Å². The fourth-order valence-electron chi connectivity index (χ4n) is 8.36. The summed E-state index contributed by atoms with van der Waals surface area (Å²) >= 11 is 0. The highest BCUT2D eigenvalue weighted by Crippen LogP contribution is 2.67. The van der Waals surface area contributed by atoms with Crippen LogP contribution < -0.4 is 0 Å². The molecule has 0 aliphatic heterocycles. The van der Waals surface area contributed by atoms with Crippen molar-refractivity contribution in [3.63, 3.8) is 0 Å². The van der Waals surface area contributed by atoms with Gasteiger partial charge in [-0.2, -0.15) is 13.2 Å². The molecule has 0 aromatic heterocycles. The van der Waals surface area contributed by atoms with E-state index in [-0.39, 0.29) is 17.3 Å². The summed E-state index contributed by atoms with van der Waals surface area (Å²) < 4.78 is 37.5. The molecule has 0 aromatic rings. The summed E-state index contributed by atoms with van der Waals surface area (Å²) in [4.78, 5) is 0. The number of aliphatic hydroxyl groups excluding tert-OH is 1. The van der Waals surface area contributed by atoms with Gasteiger partial charge in [0, 0.05) is 0 Å². The Morgan fingerprint density at radius 3 is 2.52 bits per heavy atom. The van der Waals surface area contributed by atoms with Gasteiger partial charge >= 0.3 is 6.18 Å². The van der Waals surface area contributed by atoms with Crippen LogP contribution in [0.15, 0.2) is 11.6 Å². The van der Waals surface area contributed by atoms with Crippen molar-refractivity contribution in [3.8, 4) is 0 Å². The Kier molecular flexibility index (Phi) is 6.12. The normalized spacial score (nSPS) is 46.0. The molecule has 3 saturated carbocycles. The Labute approximate surface area is 185 Å². The number of hydrogen-bond acceptors (Lipinski definition) is 2. The molecular formula is C26H41F3O2. The predicted octanol–water partition coefficient (Wildman–Crippen LogP) is 6.80. The van der Waals surface area contributed by atoms with Crippen molar-refractivity contribution < 1.29 is 23.4 Å². The molecule has 0 spiro atoms. The van der Waals surface area contributed by atoms with Gasteiger partial charge in [-0.3, -0.25) is 0 Å². The van der Waals surface area contributed by atoms with Crippen molar-refractivity contribution >= 4 is 0 Å². The van der Waals surface area contributed by atoms with Crippen LogP contribution in [0.3, 0.4) is 0 Å². The van der Waals surface area contributed by atoms with Crippen LogP contribution in [0.1, 0.15) is 97.8 Å². The van der Waals surface area contributed by atoms with Crippen molar-refractivity contribution in [2.45, 2.75) is 116 Å². The van der Waals surface area contributed by atoms with E-state index < -0.39 is 24.3 Å². The van der Waals surface area contributed by atoms with Crippen LogP contribution in [0.2, 0.25) is 0 Å². The minimum absolute atomic E-state index is 0.228. The average Bonchev–Trinajstić information content (AvgIpc) is 2.97. The van der Waals surface area contributed by atoms with Gasteiger partial charge in [-0.15, -0.1) is 0 Å². The summed E-state index contributed by atoms with van der Waals surface area (Å²) in [7, 11) is 0. The van der Waals surface area contributed by atoms with E-state index in [2.05, 4.69) is 19.9 Å². The van der Waals surface area contributed by atoms with Crippen LogP contribution in [0.25, 0.3) is 0 Å². The van der Waals surface area contributed by atoms with Crippen LogP contribution in [0.4, 0.5) is 13.2 Å². The number of rotatable bonds is 5. The summed E-state index contributed by atoms with van der Waals surface area (Å²) in [5.74, 6) is 2.68. The van der Waals surface area contributed by atoms with Crippen LogP contribution >= 0.6 is 0 Å². The SMILES string of the molecule is C[C@]1(O)CC[C@@]2(C)C(=CC[C@H]3[C@@H]4CC[C@H](CCC[C@H](O)CC(F)(F)F)[C@@]4(C)CC[C@@H]32)C1. The Hall–Kier alpha value is -0.550. The first kappa shape index (κ1) is 23.6. The molecule has 0 unspecified atom stereocenters. The van der Waals surface area contributed by atoms with E-state index in [9.17, 15) is 23.4 Å². The molecule has 4 aliphatic rings. The fourth-order valence-corrected chi connectivity index (χ4v) is 8.36. The van der Waals surface area contributed by atoms with E-state index in [1.165, 1.54) is 31.3 Å². The molecule has 0 heterocycles. The molecule has 0 amide bonds. The molecule has 2 nitrogen and oxygen atoms in total. The molecular weight excluding hydrogens is 401 g/mol. The average molecular weight is 443 g/mol. The molecule has 3 fully saturated rings.